The Hall–Kier alpha value is -0.800. The number of fused-ring (bicyclic) bond motifs is 1. The zero-order valence-electron chi connectivity index (χ0n) is 9.90. The number of aromatic nitrogens is 1. The van der Waals surface area contributed by atoms with Crippen molar-refractivity contribution in [2.45, 2.75) is 25.3 Å². The SMILES string of the molecule is Clc1cccnc1N1CCC2NCCCC2C1. The van der Waals surface area contributed by atoms with Crippen LogP contribution in [0.3, 0.4) is 0 Å². The third kappa shape index (κ3) is 2.26. The number of pyridine rings is 1. The number of nitrogens with zero attached hydrogens (tertiary/aromatic N) is 2. The Bertz CT molecular complexity index is 396. The molecule has 0 bridgehead atoms. The van der Waals surface area contributed by atoms with Crippen LogP contribution in [0.4, 0.5) is 5.82 Å². The van der Waals surface area contributed by atoms with E-state index in [9.17, 15) is 0 Å². The summed E-state index contributed by atoms with van der Waals surface area (Å²) < 4.78 is 0. The Morgan fingerprint density at radius 3 is 3.24 bits per heavy atom. The van der Waals surface area contributed by atoms with E-state index in [0.717, 1.165) is 29.8 Å². The van der Waals surface area contributed by atoms with Crippen LogP contribution in [0.2, 0.25) is 5.02 Å². The van der Waals surface area contributed by atoms with Crippen molar-refractivity contribution in [2.75, 3.05) is 24.5 Å². The van der Waals surface area contributed by atoms with Gasteiger partial charge < -0.3 is 10.2 Å². The van der Waals surface area contributed by atoms with Gasteiger partial charge in [-0.15, -0.1) is 0 Å². The summed E-state index contributed by atoms with van der Waals surface area (Å²) in [7, 11) is 0. The summed E-state index contributed by atoms with van der Waals surface area (Å²) in [5.41, 5.74) is 0. The smallest absolute Gasteiger partial charge is 0.147 e. The average molecular weight is 252 g/mol. The highest BCUT2D eigenvalue weighted by atomic mass is 35.5. The van der Waals surface area contributed by atoms with E-state index in [0.29, 0.717) is 6.04 Å². The number of hydrogen-bond acceptors (Lipinski definition) is 3. The highest BCUT2D eigenvalue weighted by Gasteiger charge is 2.31. The van der Waals surface area contributed by atoms with Crippen molar-refractivity contribution in [3.8, 4) is 0 Å². The van der Waals surface area contributed by atoms with Crippen molar-refractivity contribution >= 4 is 17.4 Å². The third-order valence-electron chi connectivity index (χ3n) is 3.93. The fourth-order valence-corrected chi connectivity index (χ4v) is 3.29. The molecule has 4 heteroatoms. The van der Waals surface area contributed by atoms with Crippen LogP contribution in [-0.2, 0) is 0 Å². The minimum absolute atomic E-state index is 0.711. The molecule has 0 saturated carbocycles. The normalized spacial score (nSPS) is 28.9. The van der Waals surface area contributed by atoms with Crippen LogP contribution in [-0.4, -0.2) is 30.7 Å². The highest BCUT2D eigenvalue weighted by molar-refractivity contribution is 6.32. The van der Waals surface area contributed by atoms with E-state index >= 15 is 0 Å². The summed E-state index contributed by atoms with van der Waals surface area (Å²) in [4.78, 5) is 6.76. The number of piperidine rings is 2. The average Bonchev–Trinajstić information content (AvgIpc) is 2.39. The highest BCUT2D eigenvalue weighted by Crippen LogP contribution is 2.30. The molecule has 0 spiro atoms. The number of halogens is 1. The zero-order chi connectivity index (χ0) is 11.7. The van der Waals surface area contributed by atoms with Crippen LogP contribution in [0, 0.1) is 5.92 Å². The Morgan fingerprint density at radius 2 is 2.35 bits per heavy atom. The molecular formula is C13H18ClN3. The van der Waals surface area contributed by atoms with Gasteiger partial charge in [-0.3, -0.25) is 0 Å². The van der Waals surface area contributed by atoms with Crippen molar-refractivity contribution in [3.05, 3.63) is 23.4 Å². The molecule has 2 saturated heterocycles. The van der Waals surface area contributed by atoms with Crippen LogP contribution in [0.5, 0.6) is 0 Å². The fourth-order valence-electron chi connectivity index (χ4n) is 3.05. The molecule has 2 fully saturated rings. The Kier molecular flexibility index (Phi) is 3.21. The second-order valence-electron chi connectivity index (χ2n) is 5.01. The van der Waals surface area contributed by atoms with E-state index < -0.39 is 0 Å². The number of anilines is 1. The molecule has 0 aliphatic carbocycles. The molecule has 1 aromatic heterocycles. The van der Waals surface area contributed by atoms with E-state index in [2.05, 4.69) is 15.2 Å². The van der Waals surface area contributed by atoms with Crippen LogP contribution < -0.4 is 10.2 Å². The maximum atomic E-state index is 6.21. The quantitative estimate of drug-likeness (QED) is 0.830. The van der Waals surface area contributed by atoms with E-state index in [1.54, 1.807) is 0 Å². The van der Waals surface area contributed by atoms with E-state index in [4.69, 9.17) is 11.6 Å². The van der Waals surface area contributed by atoms with Crippen molar-refractivity contribution in [3.63, 3.8) is 0 Å². The van der Waals surface area contributed by atoms with Gasteiger partial charge in [0.2, 0.25) is 0 Å². The van der Waals surface area contributed by atoms with E-state index in [1.807, 2.05) is 18.3 Å². The van der Waals surface area contributed by atoms with Gasteiger partial charge in [-0.1, -0.05) is 11.6 Å². The summed E-state index contributed by atoms with van der Waals surface area (Å²) in [6.45, 7) is 3.34. The summed E-state index contributed by atoms with van der Waals surface area (Å²) >= 11 is 6.21. The minimum atomic E-state index is 0.711. The molecule has 2 unspecified atom stereocenters. The lowest BCUT2D eigenvalue weighted by Crippen LogP contribution is -2.52. The van der Waals surface area contributed by atoms with Crippen molar-refractivity contribution < 1.29 is 0 Å². The van der Waals surface area contributed by atoms with Crippen LogP contribution in [0.1, 0.15) is 19.3 Å². The number of rotatable bonds is 1. The molecule has 3 rings (SSSR count). The molecule has 17 heavy (non-hydrogen) atoms. The predicted molar refractivity (Wildman–Crippen MR) is 70.6 cm³/mol. The monoisotopic (exact) mass is 251 g/mol. The van der Waals surface area contributed by atoms with Crippen molar-refractivity contribution in [1.82, 2.24) is 10.3 Å². The summed E-state index contributed by atoms with van der Waals surface area (Å²) in [5.74, 6) is 1.72. The fraction of sp³-hybridized carbons (Fsp3) is 0.615. The van der Waals surface area contributed by atoms with Crippen molar-refractivity contribution in [2.24, 2.45) is 5.92 Å². The molecule has 2 aliphatic rings. The molecule has 2 aliphatic heterocycles. The van der Waals surface area contributed by atoms with Crippen LogP contribution >= 0.6 is 11.6 Å². The zero-order valence-corrected chi connectivity index (χ0v) is 10.7. The molecular weight excluding hydrogens is 234 g/mol. The van der Waals surface area contributed by atoms with E-state index in [1.165, 1.54) is 25.8 Å². The van der Waals surface area contributed by atoms with Gasteiger partial charge in [0.1, 0.15) is 5.82 Å². The van der Waals surface area contributed by atoms with Gasteiger partial charge in [0.25, 0.3) is 0 Å². The predicted octanol–water partition coefficient (Wildman–Crippen LogP) is 2.31. The number of hydrogen-bond donors (Lipinski definition) is 1. The summed E-state index contributed by atoms with van der Waals surface area (Å²) in [6, 6.07) is 4.53. The molecule has 0 aromatic carbocycles. The lowest BCUT2D eigenvalue weighted by atomic mass is 9.85. The van der Waals surface area contributed by atoms with Gasteiger partial charge in [0, 0.05) is 25.3 Å². The topological polar surface area (TPSA) is 28.2 Å². The Balaban J connectivity index is 1.76. The van der Waals surface area contributed by atoms with Gasteiger partial charge in [0.05, 0.1) is 5.02 Å². The maximum Gasteiger partial charge on any atom is 0.147 e. The summed E-state index contributed by atoms with van der Waals surface area (Å²) in [6.07, 6.45) is 5.66. The molecule has 0 radical (unpaired) electrons. The van der Waals surface area contributed by atoms with Gasteiger partial charge >= 0.3 is 0 Å². The first-order valence-electron chi connectivity index (χ1n) is 6.43. The maximum absolute atomic E-state index is 6.21. The van der Waals surface area contributed by atoms with Gasteiger partial charge in [-0.2, -0.15) is 0 Å². The van der Waals surface area contributed by atoms with Crippen LogP contribution in [0.25, 0.3) is 0 Å². The third-order valence-corrected chi connectivity index (χ3v) is 4.23. The first-order chi connectivity index (χ1) is 8.34. The molecule has 0 amide bonds. The van der Waals surface area contributed by atoms with Crippen LogP contribution in [0.15, 0.2) is 18.3 Å². The van der Waals surface area contributed by atoms with Gasteiger partial charge in [-0.25, -0.2) is 4.98 Å². The van der Waals surface area contributed by atoms with Gasteiger partial charge in [-0.05, 0) is 43.9 Å². The van der Waals surface area contributed by atoms with E-state index in [-0.39, 0.29) is 0 Å². The molecule has 1 N–H and O–H groups in total. The van der Waals surface area contributed by atoms with Crippen molar-refractivity contribution in [1.29, 1.82) is 0 Å². The number of nitrogens with one attached hydrogen (secondary N) is 1. The lowest BCUT2D eigenvalue weighted by Gasteiger charge is -2.42. The molecule has 2 atom stereocenters. The Labute approximate surface area is 107 Å². The standard InChI is InChI=1S/C13H18ClN3/c14-11-4-2-7-16-13(11)17-8-5-12-10(9-17)3-1-6-15-12/h2,4,7,10,12,15H,1,3,5-6,8-9H2. The molecule has 3 heterocycles. The van der Waals surface area contributed by atoms with Gasteiger partial charge in [0.15, 0.2) is 0 Å². The second-order valence-corrected chi connectivity index (χ2v) is 5.41. The molecule has 92 valence electrons. The lowest BCUT2D eigenvalue weighted by molar-refractivity contribution is 0.244. The summed E-state index contributed by atoms with van der Waals surface area (Å²) in [5, 5.41) is 4.40. The first-order valence-corrected chi connectivity index (χ1v) is 6.81. The molecule has 1 aromatic rings. The largest absolute Gasteiger partial charge is 0.355 e. The minimum Gasteiger partial charge on any atom is -0.355 e. The Morgan fingerprint density at radius 1 is 1.41 bits per heavy atom. The second kappa shape index (κ2) is 4.83. The molecule has 3 nitrogen and oxygen atoms in total. The first kappa shape index (κ1) is 11.3.